The first-order valence-electron chi connectivity index (χ1n) is 6.64. The summed E-state index contributed by atoms with van der Waals surface area (Å²) >= 11 is 0. The summed E-state index contributed by atoms with van der Waals surface area (Å²) in [6.45, 7) is 4.78. The number of ketones is 1. The van der Waals surface area contributed by atoms with E-state index in [0.717, 1.165) is 11.3 Å². The van der Waals surface area contributed by atoms with Gasteiger partial charge in [0, 0.05) is 23.7 Å². The lowest BCUT2D eigenvalue weighted by Crippen LogP contribution is -2.30. The summed E-state index contributed by atoms with van der Waals surface area (Å²) in [5.74, 6) is 0.391. The average molecular weight is 260 g/mol. The number of rotatable bonds is 5. The Morgan fingerprint density at radius 2 is 2.16 bits per heavy atom. The summed E-state index contributed by atoms with van der Waals surface area (Å²) in [6.07, 6.45) is 0.370. The van der Waals surface area contributed by atoms with Crippen molar-refractivity contribution in [1.82, 2.24) is 5.32 Å². The van der Waals surface area contributed by atoms with Gasteiger partial charge in [-0.15, -0.1) is 0 Å². The summed E-state index contributed by atoms with van der Waals surface area (Å²) in [6, 6.07) is 5.47. The number of hydrogen-bond acceptors (Lipinski definition) is 3. The van der Waals surface area contributed by atoms with Crippen molar-refractivity contribution < 1.29 is 9.59 Å². The predicted octanol–water partition coefficient (Wildman–Crippen LogP) is 1.86. The maximum atomic E-state index is 12.5. The van der Waals surface area contributed by atoms with Crippen molar-refractivity contribution in [1.29, 1.82) is 0 Å². The molecule has 0 aromatic heterocycles. The normalized spacial score (nSPS) is 15.3. The summed E-state index contributed by atoms with van der Waals surface area (Å²) in [4.78, 5) is 23.8. The number of fused-ring (bicyclic) bond motifs is 1. The minimum Gasteiger partial charge on any atom is -0.326 e. The molecule has 1 aliphatic rings. The molecule has 1 aromatic rings. The molecule has 4 heteroatoms. The van der Waals surface area contributed by atoms with Gasteiger partial charge in [-0.3, -0.25) is 9.59 Å². The molecule has 1 aliphatic heterocycles. The SMILES string of the molecule is CNCC(C(=O)c1ccc2c(c1)CC(=O)N2)C(C)C. The van der Waals surface area contributed by atoms with Gasteiger partial charge >= 0.3 is 0 Å². The van der Waals surface area contributed by atoms with Crippen LogP contribution in [0.25, 0.3) is 0 Å². The van der Waals surface area contributed by atoms with Crippen molar-refractivity contribution in [2.75, 3.05) is 18.9 Å². The van der Waals surface area contributed by atoms with Gasteiger partial charge in [-0.25, -0.2) is 0 Å². The lowest BCUT2D eigenvalue weighted by atomic mass is 9.87. The zero-order chi connectivity index (χ0) is 14.0. The number of Topliss-reactive ketones (excluding diaryl/α,β-unsaturated/α-hetero) is 1. The first-order chi connectivity index (χ1) is 9.02. The Morgan fingerprint density at radius 1 is 1.42 bits per heavy atom. The molecular formula is C15H20N2O2. The second-order valence-electron chi connectivity index (χ2n) is 5.37. The summed E-state index contributed by atoms with van der Waals surface area (Å²) in [5, 5.41) is 5.85. The zero-order valence-electron chi connectivity index (χ0n) is 11.6. The van der Waals surface area contributed by atoms with Crippen molar-refractivity contribution in [2.24, 2.45) is 11.8 Å². The van der Waals surface area contributed by atoms with Crippen LogP contribution in [-0.2, 0) is 11.2 Å². The molecule has 0 fully saturated rings. The van der Waals surface area contributed by atoms with E-state index in [0.29, 0.717) is 18.5 Å². The lowest BCUT2D eigenvalue weighted by molar-refractivity contribution is -0.115. The molecular weight excluding hydrogens is 240 g/mol. The van der Waals surface area contributed by atoms with E-state index in [2.05, 4.69) is 24.5 Å². The Labute approximate surface area is 113 Å². The smallest absolute Gasteiger partial charge is 0.228 e. The molecule has 0 spiro atoms. The number of carbonyl (C=O) groups excluding carboxylic acids is 2. The van der Waals surface area contributed by atoms with E-state index in [9.17, 15) is 9.59 Å². The van der Waals surface area contributed by atoms with Gasteiger partial charge in [-0.05, 0) is 36.7 Å². The highest BCUT2D eigenvalue weighted by Gasteiger charge is 2.25. The van der Waals surface area contributed by atoms with Gasteiger partial charge in [0.05, 0.1) is 6.42 Å². The van der Waals surface area contributed by atoms with Gasteiger partial charge < -0.3 is 10.6 Å². The number of benzene rings is 1. The highest BCUT2D eigenvalue weighted by atomic mass is 16.1. The lowest BCUT2D eigenvalue weighted by Gasteiger charge is -2.19. The van der Waals surface area contributed by atoms with Gasteiger partial charge in [-0.1, -0.05) is 13.8 Å². The molecule has 1 amide bonds. The van der Waals surface area contributed by atoms with Crippen LogP contribution >= 0.6 is 0 Å². The first kappa shape index (κ1) is 13.7. The van der Waals surface area contributed by atoms with Crippen LogP contribution in [-0.4, -0.2) is 25.3 Å². The van der Waals surface area contributed by atoms with Crippen LogP contribution in [0.1, 0.15) is 29.8 Å². The van der Waals surface area contributed by atoms with Crippen LogP contribution < -0.4 is 10.6 Å². The third-order valence-electron chi connectivity index (χ3n) is 3.58. The van der Waals surface area contributed by atoms with E-state index in [1.807, 2.05) is 19.2 Å². The fourth-order valence-electron chi connectivity index (χ4n) is 2.45. The maximum absolute atomic E-state index is 12.5. The second kappa shape index (κ2) is 5.53. The number of carbonyl (C=O) groups is 2. The Kier molecular flexibility index (Phi) is 4.00. The summed E-state index contributed by atoms with van der Waals surface area (Å²) in [7, 11) is 1.86. The van der Waals surface area contributed by atoms with Crippen LogP contribution in [0.5, 0.6) is 0 Å². The number of anilines is 1. The molecule has 2 N–H and O–H groups in total. The van der Waals surface area contributed by atoms with Crippen LogP contribution in [0.15, 0.2) is 18.2 Å². The van der Waals surface area contributed by atoms with Crippen molar-refractivity contribution >= 4 is 17.4 Å². The van der Waals surface area contributed by atoms with Crippen LogP contribution in [0.4, 0.5) is 5.69 Å². The Bertz CT molecular complexity index is 509. The fourth-order valence-corrected chi connectivity index (χ4v) is 2.45. The third kappa shape index (κ3) is 2.84. The molecule has 102 valence electrons. The van der Waals surface area contributed by atoms with E-state index in [1.165, 1.54) is 0 Å². The topological polar surface area (TPSA) is 58.2 Å². The quantitative estimate of drug-likeness (QED) is 0.794. The van der Waals surface area contributed by atoms with E-state index >= 15 is 0 Å². The van der Waals surface area contributed by atoms with E-state index in [4.69, 9.17) is 0 Å². The molecule has 2 rings (SSSR count). The standard InChI is InChI=1S/C15H20N2O2/c1-9(2)12(8-16-3)15(19)10-4-5-13-11(6-10)7-14(18)17-13/h4-6,9,12,16H,7-8H2,1-3H3,(H,17,18). The Morgan fingerprint density at radius 3 is 2.79 bits per heavy atom. The molecule has 0 saturated carbocycles. The molecule has 0 bridgehead atoms. The Balaban J connectivity index is 2.24. The fraction of sp³-hybridized carbons (Fsp3) is 0.467. The average Bonchev–Trinajstić information content (AvgIpc) is 2.73. The Hall–Kier alpha value is -1.68. The molecule has 0 saturated heterocycles. The van der Waals surface area contributed by atoms with E-state index in [-0.39, 0.29) is 23.5 Å². The molecule has 0 radical (unpaired) electrons. The third-order valence-corrected chi connectivity index (χ3v) is 3.58. The number of hydrogen-bond donors (Lipinski definition) is 2. The first-order valence-corrected chi connectivity index (χ1v) is 6.64. The minimum absolute atomic E-state index is 0.00441. The van der Waals surface area contributed by atoms with Gasteiger partial charge in [0.15, 0.2) is 5.78 Å². The molecule has 1 atom stereocenters. The van der Waals surface area contributed by atoms with Gasteiger partial charge in [0.25, 0.3) is 0 Å². The molecule has 0 aliphatic carbocycles. The largest absolute Gasteiger partial charge is 0.326 e. The van der Waals surface area contributed by atoms with Crippen molar-refractivity contribution in [2.45, 2.75) is 20.3 Å². The number of amides is 1. The van der Waals surface area contributed by atoms with Gasteiger partial charge in [0.2, 0.25) is 5.91 Å². The van der Waals surface area contributed by atoms with Gasteiger partial charge in [0.1, 0.15) is 0 Å². The molecule has 1 aromatic carbocycles. The van der Waals surface area contributed by atoms with Gasteiger partial charge in [-0.2, -0.15) is 0 Å². The molecule has 4 nitrogen and oxygen atoms in total. The molecule has 1 unspecified atom stereocenters. The van der Waals surface area contributed by atoms with Crippen molar-refractivity contribution in [3.63, 3.8) is 0 Å². The maximum Gasteiger partial charge on any atom is 0.228 e. The van der Waals surface area contributed by atoms with E-state index in [1.54, 1.807) is 6.07 Å². The monoisotopic (exact) mass is 260 g/mol. The zero-order valence-corrected chi connectivity index (χ0v) is 11.6. The highest BCUT2D eigenvalue weighted by molar-refractivity contribution is 6.03. The predicted molar refractivity (Wildman–Crippen MR) is 75.4 cm³/mol. The molecule has 19 heavy (non-hydrogen) atoms. The van der Waals surface area contributed by atoms with Crippen LogP contribution in [0, 0.1) is 11.8 Å². The van der Waals surface area contributed by atoms with Crippen molar-refractivity contribution in [3.05, 3.63) is 29.3 Å². The second-order valence-corrected chi connectivity index (χ2v) is 5.37. The summed E-state index contributed by atoms with van der Waals surface area (Å²) < 4.78 is 0. The number of nitrogens with one attached hydrogen (secondary N) is 2. The van der Waals surface area contributed by atoms with Crippen molar-refractivity contribution in [3.8, 4) is 0 Å². The molecule has 1 heterocycles. The van der Waals surface area contributed by atoms with E-state index < -0.39 is 0 Å². The minimum atomic E-state index is -0.0342. The summed E-state index contributed by atoms with van der Waals surface area (Å²) in [5.41, 5.74) is 2.45. The highest BCUT2D eigenvalue weighted by Crippen LogP contribution is 2.26. The van der Waals surface area contributed by atoms with Crippen LogP contribution in [0.2, 0.25) is 0 Å². The van der Waals surface area contributed by atoms with Crippen LogP contribution in [0.3, 0.4) is 0 Å².